The smallest absolute Gasteiger partial charge is 0.323 e. The zero-order valence-corrected chi connectivity index (χ0v) is 11.9. The molecule has 0 fully saturated rings. The Hall–Kier alpha value is -1.35. The van der Waals surface area contributed by atoms with Gasteiger partial charge in [-0.05, 0) is 63.3 Å². The number of aliphatic carboxylic acids is 1. The SMILES string of the molecule is Cc1cc(C)c(CCNC(C)(C)C(=O)O)cc1C. The normalized spacial score (nSPS) is 11.6. The Morgan fingerprint density at radius 3 is 2.28 bits per heavy atom. The van der Waals surface area contributed by atoms with Gasteiger partial charge in [-0.2, -0.15) is 0 Å². The van der Waals surface area contributed by atoms with Crippen LogP contribution in [0.4, 0.5) is 0 Å². The number of rotatable bonds is 5. The van der Waals surface area contributed by atoms with Gasteiger partial charge in [-0.15, -0.1) is 0 Å². The molecule has 3 nitrogen and oxygen atoms in total. The fourth-order valence-electron chi connectivity index (χ4n) is 1.87. The van der Waals surface area contributed by atoms with E-state index in [-0.39, 0.29) is 0 Å². The summed E-state index contributed by atoms with van der Waals surface area (Å²) in [5, 5.41) is 12.1. The number of carboxylic acid groups (broad SMARTS) is 1. The molecule has 0 saturated heterocycles. The van der Waals surface area contributed by atoms with Crippen LogP contribution in [-0.2, 0) is 11.2 Å². The standard InChI is InChI=1S/C15H23NO2/c1-10-8-12(3)13(9-11(10)2)6-7-16-15(4,5)14(17)18/h8-9,16H,6-7H2,1-5H3,(H,17,18). The van der Waals surface area contributed by atoms with Gasteiger partial charge in [0.15, 0.2) is 0 Å². The van der Waals surface area contributed by atoms with Crippen LogP contribution in [0.15, 0.2) is 12.1 Å². The molecule has 1 aromatic rings. The van der Waals surface area contributed by atoms with Crippen molar-refractivity contribution in [1.29, 1.82) is 0 Å². The Balaban J connectivity index is 2.65. The molecule has 0 bridgehead atoms. The lowest BCUT2D eigenvalue weighted by molar-refractivity contribution is -0.143. The number of carboxylic acids is 1. The van der Waals surface area contributed by atoms with Crippen LogP contribution in [0.5, 0.6) is 0 Å². The molecule has 18 heavy (non-hydrogen) atoms. The van der Waals surface area contributed by atoms with Crippen LogP contribution in [0.1, 0.15) is 36.1 Å². The van der Waals surface area contributed by atoms with E-state index in [1.807, 2.05) is 0 Å². The molecule has 0 heterocycles. The molecule has 0 aliphatic carbocycles. The highest BCUT2D eigenvalue weighted by molar-refractivity contribution is 5.77. The molecule has 0 amide bonds. The zero-order chi connectivity index (χ0) is 13.9. The summed E-state index contributed by atoms with van der Waals surface area (Å²) in [6, 6.07) is 4.38. The van der Waals surface area contributed by atoms with Crippen molar-refractivity contribution in [2.24, 2.45) is 0 Å². The summed E-state index contributed by atoms with van der Waals surface area (Å²) >= 11 is 0. The third kappa shape index (κ3) is 3.57. The zero-order valence-electron chi connectivity index (χ0n) is 11.9. The lowest BCUT2D eigenvalue weighted by Gasteiger charge is -2.21. The van der Waals surface area contributed by atoms with Crippen molar-refractivity contribution < 1.29 is 9.90 Å². The van der Waals surface area contributed by atoms with E-state index < -0.39 is 11.5 Å². The summed E-state index contributed by atoms with van der Waals surface area (Å²) in [7, 11) is 0. The Bertz CT molecular complexity index is 450. The van der Waals surface area contributed by atoms with E-state index in [2.05, 4.69) is 38.2 Å². The predicted octanol–water partition coefficient (Wildman–Crippen LogP) is 2.61. The molecule has 0 atom stereocenters. The second-order valence-electron chi connectivity index (χ2n) is 5.47. The second-order valence-corrected chi connectivity index (χ2v) is 5.47. The minimum atomic E-state index is -0.867. The fourth-order valence-corrected chi connectivity index (χ4v) is 1.87. The van der Waals surface area contributed by atoms with Crippen LogP contribution in [0.2, 0.25) is 0 Å². The molecule has 3 heteroatoms. The van der Waals surface area contributed by atoms with E-state index in [1.54, 1.807) is 13.8 Å². The Kier molecular flexibility index (Phi) is 4.52. The van der Waals surface area contributed by atoms with E-state index in [9.17, 15) is 4.79 Å². The van der Waals surface area contributed by atoms with Gasteiger partial charge < -0.3 is 10.4 Å². The first-order chi connectivity index (χ1) is 8.24. The van der Waals surface area contributed by atoms with Crippen LogP contribution in [-0.4, -0.2) is 23.2 Å². The lowest BCUT2D eigenvalue weighted by atomic mass is 9.98. The largest absolute Gasteiger partial charge is 0.480 e. The van der Waals surface area contributed by atoms with Crippen LogP contribution < -0.4 is 5.32 Å². The summed E-state index contributed by atoms with van der Waals surface area (Å²) in [5.41, 5.74) is 4.27. The van der Waals surface area contributed by atoms with E-state index in [1.165, 1.54) is 22.3 Å². The number of hydrogen-bond acceptors (Lipinski definition) is 2. The third-order valence-corrected chi connectivity index (χ3v) is 3.45. The first-order valence-corrected chi connectivity index (χ1v) is 6.29. The van der Waals surface area contributed by atoms with Crippen LogP contribution in [0.3, 0.4) is 0 Å². The first-order valence-electron chi connectivity index (χ1n) is 6.29. The average molecular weight is 249 g/mol. The minimum Gasteiger partial charge on any atom is -0.480 e. The van der Waals surface area contributed by atoms with Crippen molar-refractivity contribution in [1.82, 2.24) is 5.32 Å². The number of carbonyl (C=O) groups is 1. The molecule has 100 valence electrons. The quantitative estimate of drug-likeness (QED) is 0.843. The number of hydrogen-bond donors (Lipinski definition) is 2. The second kappa shape index (κ2) is 5.53. The van der Waals surface area contributed by atoms with Crippen LogP contribution in [0, 0.1) is 20.8 Å². The van der Waals surface area contributed by atoms with E-state index in [0.29, 0.717) is 6.54 Å². The number of benzene rings is 1. The summed E-state index contributed by atoms with van der Waals surface area (Å²) in [6.07, 6.45) is 0.851. The molecular weight excluding hydrogens is 226 g/mol. The maximum absolute atomic E-state index is 11.0. The van der Waals surface area contributed by atoms with E-state index in [0.717, 1.165) is 6.42 Å². The Morgan fingerprint density at radius 1 is 1.17 bits per heavy atom. The summed E-state index contributed by atoms with van der Waals surface area (Å²) in [6.45, 7) is 10.3. The molecule has 0 aliphatic heterocycles. The molecule has 1 aromatic carbocycles. The average Bonchev–Trinajstić information content (AvgIpc) is 2.25. The summed E-state index contributed by atoms with van der Waals surface area (Å²) < 4.78 is 0. The van der Waals surface area contributed by atoms with Gasteiger partial charge in [-0.3, -0.25) is 4.79 Å². The van der Waals surface area contributed by atoms with Gasteiger partial charge in [0, 0.05) is 6.54 Å². The molecule has 2 N–H and O–H groups in total. The fraction of sp³-hybridized carbons (Fsp3) is 0.533. The van der Waals surface area contributed by atoms with Gasteiger partial charge in [0.2, 0.25) is 0 Å². The van der Waals surface area contributed by atoms with E-state index in [4.69, 9.17) is 5.11 Å². The van der Waals surface area contributed by atoms with Crippen molar-refractivity contribution >= 4 is 5.97 Å². The highest BCUT2D eigenvalue weighted by Crippen LogP contribution is 2.15. The maximum atomic E-state index is 11.0. The number of aryl methyl sites for hydroxylation is 3. The van der Waals surface area contributed by atoms with Crippen molar-refractivity contribution in [3.63, 3.8) is 0 Å². The summed E-state index contributed by atoms with van der Waals surface area (Å²) in [5.74, 6) is -0.820. The van der Waals surface area contributed by atoms with Crippen LogP contribution >= 0.6 is 0 Å². The summed E-state index contributed by atoms with van der Waals surface area (Å²) in [4.78, 5) is 11.0. The predicted molar refractivity (Wildman–Crippen MR) is 74.1 cm³/mol. The Labute approximate surface area is 109 Å². The molecule has 1 rings (SSSR count). The van der Waals surface area contributed by atoms with Gasteiger partial charge in [0.25, 0.3) is 0 Å². The molecule has 0 unspecified atom stereocenters. The topological polar surface area (TPSA) is 49.3 Å². The molecule has 0 aliphatic rings. The lowest BCUT2D eigenvalue weighted by Crippen LogP contribution is -2.47. The van der Waals surface area contributed by atoms with Gasteiger partial charge >= 0.3 is 5.97 Å². The Morgan fingerprint density at radius 2 is 1.72 bits per heavy atom. The third-order valence-electron chi connectivity index (χ3n) is 3.45. The molecule has 0 spiro atoms. The molecule has 0 aromatic heterocycles. The monoisotopic (exact) mass is 249 g/mol. The van der Waals surface area contributed by atoms with Crippen molar-refractivity contribution in [2.45, 2.75) is 46.6 Å². The van der Waals surface area contributed by atoms with Gasteiger partial charge in [0.1, 0.15) is 5.54 Å². The van der Waals surface area contributed by atoms with Crippen LogP contribution in [0.25, 0.3) is 0 Å². The van der Waals surface area contributed by atoms with Crippen molar-refractivity contribution in [2.75, 3.05) is 6.54 Å². The maximum Gasteiger partial charge on any atom is 0.323 e. The number of nitrogens with one attached hydrogen (secondary N) is 1. The van der Waals surface area contributed by atoms with E-state index >= 15 is 0 Å². The first kappa shape index (κ1) is 14.7. The molecular formula is C15H23NO2. The van der Waals surface area contributed by atoms with Gasteiger partial charge in [-0.25, -0.2) is 0 Å². The minimum absolute atomic E-state index is 0.669. The highest BCUT2D eigenvalue weighted by Gasteiger charge is 2.25. The molecule has 0 saturated carbocycles. The highest BCUT2D eigenvalue weighted by atomic mass is 16.4. The molecule has 0 radical (unpaired) electrons. The van der Waals surface area contributed by atoms with Gasteiger partial charge in [-0.1, -0.05) is 12.1 Å². The van der Waals surface area contributed by atoms with Crippen molar-refractivity contribution in [3.8, 4) is 0 Å². The van der Waals surface area contributed by atoms with Gasteiger partial charge in [0.05, 0.1) is 0 Å². The van der Waals surface area contributed by atoms with Crippen molar-refractivity contribution in [3.05, 3.63) is 34.4 Å².